The number of hydrogen-bond acceptors (Lipinski definition) is 6. The van der Waals surface area contributed by atoms with Gasteiger partial charge in [0.15, 0.2) is 21.3 Å². The molecule has 0 N–H and O–H groups in total. The molecule has 0 bridgehead atoms. The van der Waals surface area contributed by atoms with Crippen LogP contribution >= 0.6 is 12.2 Å². The fourth-order valence-corrected chi connectivity index (χ4v) is 4.02. The van der Waals surface area contributed by atoms with E-state index in [0.717, 1.165) is 16.4 Å². The van der Waals surface area contributed by atoms with Crippen molar-refractivity contribution in [2.45, 2.75) is 77.8 Å². The maximum absolute atomic E-state index is 10.7. The summed E-state index contributed by atoms with van der Waals surface area (Å²) in [4.78, 5) is 10.7. The lowest BCUT2D eigenvalue weighted by molar-refractivity contribution is 0.373. The summed E-state index contributed by atoms with van der Waals surface area (Å²) in [6.45, 7) is 22.4. The summed E-state index contributed by atoms with van der Waals surface area (Å²) in [7, 11) is 0.876. The van der Waals surface area contributed by atoms with E-state index >= 15 is 0 Å². The first-order valence-electron chi connectivity index (χ1n) is 13.4. The van der Waals surface area contributed by atoms with E-state index in [9.17, 15) is 4.79 Å². The van der Waals surface area contributed by atoms with Crippen LogP contribution < -0.4 is 5.63 Å². The van der Waals surface area contributed by atoms with Gasteiger partial charge in [-0.2, -0.15) is 0 Å². The van der Waals surface area contributed by atoms with E-state index in [1.165, 1.54) is 6.07 Å². The van der Waals surface area contributed by atoms with Crippen molar-refractivity contribution in [1.29, 1.82) is 0 Å². The molecule has 2 heterocycles. The molecule has 0 aliphatic carbocycles. The molecule has 220 valence electrons. The van der Waals surface area contributed by atoms with Crippen molar-refractivity contribution in [1.82, 2.24) is 0 Å². The van der Waals surface area contributed by atoms with Gasteiger partial charge in [-0.25, -0.2) is 4.79 Å². The quantitative estimate of drug-likeness (QED) is 0.130. The Morgan fingerprint density at radius 3 is 1.35 bits per heavy atom. The molecule has 5 nitrogen and oxygen atoms in total. The lowest BCUT2D eigenvalue weighted by Crippen LogP contribution is -2.39. The molecule has 2 aromatic heterocycles. The predicted molar refractivity (Wildman–Crippen MR) is 178 cm³/mol. The van der Waals surface area contributed by atoms with E-state index in [1.807, 2.05) is 62.8 Å². The second-order valence-corrected chi connectivity index (χ2v) is 22.8. The summed E-state index contributed by atoms with van der Waals surface area (Å²) in [6.07, 6.45) is 0. The predicted octanol–water partition coefficient (Wildman–Crippen LogP) is 10.2. The molecule has 4 rings (SSSR count). The molecule has 0 fully saturated rings. The molecule has 0 aliphatic rings. The van der Waals surface area contributed by atoms with Gasteiger partial charge in [-0.15, -0.1) is 0 Å². The molecule has 8 heteroatoms. The number of rotatable bonds is 2. The van der Waals surface area contributed by atoms with E-state index in [2.05, 4.69) is 67.7 Å². The molecule has 0 amide bonds. The molecule has 40 heavy (non-hydrogen) atoms. The van der Waals surface area contributed by atoms with Gasteiger partial charge in [0, 0.05) is 31.1 Å². The Morgan fingerprint density at radius 1 is 0.600 bits per heavy atom. The summed E-state index contributed by atoms with van der Waals surface area (Å²) in [5.41, 5.74) is 1.18. The molecule has 0 saturated heterocycles. The minimum Gasteiger partial charge on any atom is -0.445 e. The lowest BCUT2D eigenvalue weighted by Gasteiger charge is -2.34. The zero-order chi connectivity index (χ0) is 30.8. The second-order valence-electron chi connectivity index (χ2n) is 12.5. The second kappa shape index (κ2) is 15.0. The summed E-state index contributed by atoms with van der Waals surface area (Å²) in [6, 6.07) is 22.1. The third kappa shape index (κ3) is 11.3. The van der Waals surface area contributed by atoms with Crippen LogP contribution in [-0.4, -0.2) is 30.9 Å². The van der Waals surface area contributed by atoms with Crippen LogP contribution in [0.5, 0.6) is 0 Å². The average Bonchev–Trinajstić information content (AvgIpc) is 2.88. The lowest BCUT2D eigenvalue weighted by atomic mass is 10.2. The Balaban J connectivity index is 0.000000269. The summed E-state index contributed by atoms with van der Waals surface area (Å²) >= 11 is 4.87. The molecule has 0 radical (unpaired) electrons. The molecule has 0 aliphatic heterocycles. The zero-order valence-electron chi connectivity index (χ0n) is 26.4. The number of benzene rings is 2. The van der Waals surface area contributed by atoms with Gasteiger partial charge in [0.25, 0.3) is 0 Å². The zero-order valence-corrected chi connectivity index (χ0v) is 29.2. The molecule has 0 atom stereocenters. The summed E-state index contributed by atoms with van der Waals surface area (Å²) < 4.78 is 21.6. The van der Waals surface area contributed by atoms with Crippen molar-refractivity contribution in [3.05, 3.63) is 87.9 Å². The van der Waals surface area contributed by atoms with Gasteiger partial charge < -0.3 is 17.7 Å². The highest BCUT2D eigenvalue weighted by Crippen LogP contribution is 2.36. The monoisotopic (exact) mass is 600 g/mol. The van der Waals surface area contributed by atoms with Crippen molar-refractivity contribution < 1.29 is 17.7 Å². The smallest absolute Gasteiger partial charge is 0.336 e. The van der Waals surface area contributed by atoms with Gasteiger partial charge in [-0.1, -0.05) is 77.9 Å². The van der Waals surface area contributed by atoms with Crippen LogP contribution in [0.2, 0.25) is 36.3 Å². The topological polar surface area (TPSA) is 61.8 Å². The van der Waals surface area contributed by atoms with Gasteiger partial charge in [0.05, 0.1) is 0 Å². The highest BCUT2D eigenvalue weighted by atomic mass is 32.1. The third-order valence-electron chi connectivity index (χ3n) is 7.69. The minimum atomic E-state index is -1.38. The van der Waals surface area contributed by atoms with Crippen molar-refractivity contribution in [3.63, 3.8) is 0 Å². The number of fused-ring (bicyclic) bond motifs is 2. The molecular weight excluding hydrogens is 553 g/mol. The van der Waals surface area contributed by atoms with Crippen molar-refractivity contribution in [2.24, 2.45) is 0 Å². The first kappa shape index (κ1) is 35.7. The van der Waals surface area contributed by atoms with E-state index in [4.69, 9.17) is 29.9 Å². The summed E-state index contributed by atoms with van der Waals surface area (Å²) in [5, 5.41) is 2.76. The molecule has 0 saturated carbocycles. The average molecular weight is 601 g/mol. The van der Waals surface area contributed by atoms with Crippen LogP contribution in [0.15, 0.2) is 86.4 Å². The maximum Gasteiger partial charge on any atom is 0.336 e. The van der Waals surface area contributed by atoms with Crippen molar-refractivity contribution >= 4 is 50.8 Å². The van der Waals surface area contributed by atoms with Gasteiger partial charge in [0.1, 0.15) is 11.2 Å². The Hall–Kier alpha value is -2.37. The van der Waals surface area contributed by atoms with Gasteiger partial charge in [-0.3, -0.25) is 0 Å². The largest absolute Gasteiger partial charge is 0.445 e. The van der Waals surface area contributed by atoms with Crippen LogP contribution in [0.3, 0.4) is 0 Å². The Labute approximate surface area is 247 Å². The first-order chi connectivity index (χ1) is 18.3. The van der Waals surface area contributed by atoms with E-state index in [-0.39, 0.29) is 5.63 Å². The number of para-hydroxylation sites is 2. The van der Waals surface area contributed by atoms with Gasteiger partial charge in [0.2, 0.25) is 0 Å². The van der Waals surface area contributed by atoms with E-state index in [1.54, 1.807) is 18.2 Å². The summed E-state index contributed by atoms with van der Waals surface area (Å²) in [5.74, 6) is 0. The van der Waals surface area contributed by atoms with Crippen LogP contribution in [0.1, 0.15) is 41.5 Å². The molecular formula is C32H48O5SSi2. The van der Waals surface area contributed by atoms with Crippen molar-refractivity contribution in [2.75, 3.05) is 14.2 Å². The highest BCUT2D eigenvalue weighted by Gasteiger charge is 2.36. The van der Waals surface area contributed by atoms with Crippen LogP contribution in [-0.2, 0) is 8.85 Å². The normalized spacial score (nSPS) is 11.9. The SMILES string of the molecule is CO[Si](C)(C)C(C)(C)C.CO[Si](C)(C)C(C)(C)C.O=c1ccc2ccccc2o1.S=c1ccc2ccccc2o1. The van der Waals surface area contributed by atoms with Crippen LogP contribution in [0.25, 0.3) is 21.9 Å². The molecule has 2 aromatic carbocycles. The van der Waals surface area contributed by atoms with Crippen LogP contribution in [0, 0.1) is 4.71 Å². The fourth-order valence-electron chi connectivity index (χ4n) is 2.64. The molecule has 0 spiro atoms. The fraction of sp³-hybridized carbons (Fsp3) is 0.438. The van der Waals surface area contributed by atoms with Gasteiger partial charge in [-0.05, 0) is 78.8 Å². The standard InChI is InChI=1S/C9H6O2.C9H6OS.2C7H18OSi/c10-9-6-5-7-3-1-2-4-8(7)11-9;11-9-6-5-7-3-1-2-4-8(7)10-9;2*1-7(2,3)9(5,6)8-4/h2*1-6H;2*1-6H3. The van der Waals surface area contributed by atoms with Crippen LogP contribution in [0.4, 0.5) is 0 Å². The minimum absolute atomic E-state index is 0.302. The Bertz CT molecular complexity index is 1330. The maximum atomic E-state index is 10.7. The number of hydrogen-bond donors (Lipinski definition) is 0. The van der Waals surface area contributed by atoms with Gasteiger partial charge >= 0.3 is 5.63 Å². The van der Waals surface area contributed by atoms with E-state index in [0.29, 0.717) is 20.4 Å². The highest BCUT2D eigenvalue weighted by molar-refractivity contribution is 7.71. The Morgan fingerprint density at radius 2 is 0.975 bits per heavy atom. The first-order valence-corrected chi connectivity index (χ1v) is 19.7. The molecule has 4 aromatic rings. The third-order valence-corrected chi connectivity index (χ3v) is 17.2. The van der Waals surface area contributed by atoms with E-state index < -0.39 is 16.6 Å². The Kier molecular flexibility index (Phi) is 13.4. The van der Waals surface area contributed by atoms with Crippen molar-refractivity contribution in [3.8, 4) is 0 Å². The molecule has 0 unspecified atom stereocenters.